The molecule has 2 aliphatic carbocycles. The smallest absolute Gasteiger partial charge is 0.407 e. The van der Waals surface area contributed by atoms with Crippen LogP contribution in [0, 0.1) is 11.8 Å². The van der Waals surface area contributed by atoms with Gasteiger partial charge in [-0.2, -0.15) is 0 Å². The van der Waals surface area contributed by atoms with Crippen LogP contribution in [0.4, 0.5) is 9.59 Å². The normalized spacial score (nSPS) is 34.6. The molecule has 8 heteroatoms. The van der Waals surface area contributed by atoms with Crippen molar-refractivity contribution in [2.75, 3.05) is 13.6 Å². The number of nitrogens with one attached hydrogen (secondary N) is 2. The van der Waals surface area contributed by atoms with Crippen LogP contribution < -0.4 is 10.6 Å². The summed E-state index contributed by atoms with van der Waals surface area (Å²) in [7, 11) is 1.50. The number of amides is 2. The van der Waals surface area contributed by atoms with Crippen LogP contribution in [0.25, 0.3) is 0 Å². The average molecular weight is 372 g/mol. The molecular weight excluding hydrogens is 340 g/mol. The van der Waals surface area contributed by atoms with Gasteiger partial charge in [-0.15, -0.1) is 0 Å². The molecule has 2 saturated carbocycles. The number of alkyl carbamates (subject to hydrolysis) is 2. The second-order valence-corrected chi connectivity index (χ2v) is 7.40. The molecule has 8 nitrogen and oxygen atoms in total. The highest BCUT2D eigenvalue weighted by Gasteiger charge is 2.36. The molecule has 0 saturated heterocycles. The fourth-order valence-electron chi connectivity index (χ4n) is 4.08. The maximum Gasteiger partial charge on any atom is 0.407 e. The fraction of sp³-hybridized carbons (Fsp3) is 0.889. The van der Waals surface area contributed by atoms with Gasteiger partial charge in [-0.1, -0.05) is 0 Å². The van der Waals surface area contributed by atoms with Gasteiger partial charge in [-0.3, -0.25) is 0 Å². The summed E-state index contributed by atoms with van der Waals surface area (Å²) in [5, 5.41) is 25.3. The second-order valence-electron chi connectivity index (χ2n) is 7.40. The SMILES string of the molecule is CCNC(=O)OC1CC(CC2CCC(OC(=O)NC)C(O)C2)CCC1O. The van der Waals surface area contributed by atoms with Gasteiger partial charge in [0, 0.05) is 13.6 Å². The van der Waals surface area contributed by atoms with Crippen molar-refractivity contribution in [2.24, 2.45) is 11.8 Å². The monoisotopic (exact) mass is 372 g/mol. The van der Waals surface area contributed by atoms with E-state index in [9.17, 15) is 19.8 Å². The molecule has 150 valence electrons. The van der Waals surface area contributed by atoms with Crippen LogP contribution in [-0.2, 0) is 9.47 Å². The number of carbonyl (C=O) groups excluding carboxylic acids is 2. The Morgan fingerprint density at radius 3 is 2.23 bits per heavy atom. The Labute approximate surface area is 154 Å². The van der Waals surface area contributed by atoms with Crippen molar-refractivity contribution < 1.29 is 29.3 Å². The molecule has 2 fully saturated rings. The summed E-state index contributed by atoms with van der Waals surface area (Å²) < 4.78 is 10.5. The highest BCUT2D eigenvalue weighted by atomic mass is 16.6. The molecule has 0 aliphatic heterocycles. The van der Waals surface area contributed by atoms with Gasteiger partial charge in [0.15, 0.2) is 0 Å². The first kappa shape index (κ1) is 20.8. The van der Waals surface area contributed by atoms with Crippen molar-refractivity contribution in [3.63, 3.8) is 0 Å². The molecule has 0 heterocycles. The Morgan fingerprint density at radius 2 is 1.58 bits per heavy atom. The van der Waals surface area contributed by atoms with Gasteiger partial charge in [0.1, 0.15) is 12.2 Å². The van der Waals surface area contributed by atoms with E-state index < -0.39 is 36.6 Å². The van der Waals surface area contributed by atoms with E-state index in [0.29, 0.717) is 44.1 Å². The largest absolute Gasteiger partial charge is 0.443 e. The maximum absolute atomic E-state index is 11.6. The standard InChI is InChI=1S/C18H32N2O6/c1-3-20-18(24)26-16-10-12(4-6-13(16)21)8-11-5-7-15(14(22)9-11)25-17(23)19-2/h11-16,21-22H,3-10H2,1-2H3,(H,19,23)(H,20,24). The summed E-state index contributed by atoms with van der Waals surface area (Å²) in [6, 6.07) is 0. The number of ether oxygens (including phenoxy) is 2. The molecule has 0 aromatic carbocycles. The zero-order valence-electron chi connectivity index (χ0n) is 15.6. The Hall–Kier alpha value is -1.54. The van der Waals surface area contributed by atoms with E-state index in [4.69, 9.17) is 9.47 Å². The molecule has 6 unspecified atom stereocenters. The predicted molar refractivity (Wildman–Crippen MR) is 94.6 cm³/mol. The number of carbonyl (C=O) groups is 2. The molecule has 2 amide bonds. The minimum Gasteiger partial charge on any atom is -0.443 e. The van der Waals surface area contributed by atoms with Gasteiger partial charge in [-0.25, -0.2) is 9.59 Å². The number of aliphatic hydroxyl groups is 2. The molecule has 0 bridgehead atoms. The van der Waals surface area contributed by atoms with Gasteiger partial charge in [0.05, 0.1) is 12.2 Å². The summed E-state index contributed by atoms with van der Waals surface area (Å²) in [5.74, 6) is 0.700. The highest BCUT2D eigenvalue weighted by Crippen LogP contribution is 2.37. The van der Waals surface area contributed by atoms with Crippen molar-refractivity contribution >= 4 is 12.2 Å². The third-order valence-electron chi connectivity index (χ3n) is 5.44. The van der Waals surface area contributed by atoms with Crippen molar-refractivity contribution in [1.82, 2.24) is 10.6 Å². The van der Waals surface area contributed by atoms with E-state index in [-0.39, 0.29) is 0 Å². The van der Waals surface area contributed by atoms with Gasteiger partial charge < -0.3 is 30.3 Å². The van der Waals surface area contributed by atoms with Crippen LogP contribution in [0.5, 0.6) is 0 Å². The van der Waals surface area contributed by atoms with Crippen molar-refractivity contribution in [2.45, 2.75) is 76.3 Å². The molecule has 0 radical (unpaired) electrons. The summed E-state index contributed by atoms with van der Waals surface area (Å²) >= 11 is 0. The number of aliphatic hydroxyl groups excluding tert-OH is 2. The summed E-state index contributed by atoms with van der Waals surface area (Å²) in [6.07, 6.45) is 2.02. The second kappa shape index (κ2) is 9.97. The van der Waals surface area contributed by atoms with Crippen LogP contribution in [0.1, 0.15) is 51.9 Å². The molecule has 0 spiro atoms. The van der Waals surface area contributed by atoms with E-state index in [0.717, 1.165) is 19.3 Å². The summed E-state index contributed by atoms with van der Waals surface area (Å²) in [6.45, 7) is 2.31. The lowest BCUT2D eigenvalue weighted by atomic mass is 9.75. The maximum atomic E-state index is 11.6. The molecule has 2 aliphatic rings. The lowest BCUT2D eigenvalue weighted by molar-refractivity contribution is -0.0519. The molecule has 6 atom stereocenters. The van der Waals surface area contributed by atoms with E-state index in [1.807, 2.05) is 6.92 Å². The molecule has 4 N–H and O–H groups in total. The third-order valence-corrected chi connectivity index (χ3v) is 5.44. The van der Waals surface area contributed by atoms with Crippen molar-refractivity contribution in [3.8, 4) is 0 Å². The first-order valence-electron chi connectivity index (χ1n) is 9.61. The Balaban J connectivity index is 1.79. The van der Waals surface area contributed by atoms with Crippen LogP contribution in [-0.4, -0.2) is 60.4 Å². The fourth-order valence-corrected chi connectivity index (χ4v) is 4.08. The first-order valence-corrected chi connectivity index (χ1v) is 9.61. The first-order chi connectivity index (χ1) is 12.4. The highest BCUT2D eigenvalue weighted by molar-refractivity contribution is 5.67. The lowest BCUT2D eigenvalue weighted by Crippen LogP contribution is -2.42. The number of hydrogen-bond acceptors (Lipinski definition) is 6. The van der Waals surface area contributed by atoms with Gasteiger partial charge in [0.2, 0.25) is 0 Å². The van der Waals surface area contributed by atoms with Gasteiger partial charge in [0.25, 0.3) is 0 Å². The zero-order chi connectivity index (χ0) is 19.1. The predicted octanol–water partition coefficient (Wildman–Crippen LogP) is 1.54. The van der Waals surface area contributed by atoms with Gasteiger partial charge >= 0.3 is 12.2 Å². The Bertz CT molecular complexity index is 475. The summed E-state index contributed by atoms with van der Waals surface area (Å²) in [4.78, 5) is 22.9. The minimum atomic E-state index is -0.650. The van der Waals surface area contributed by atoms with Crippen molar-refractivity contribution in [3.05, 3.63) is 0 Å². The Kier molecular flexibility index (Phi) is 7.96. The topological polar surface area (TPSA) is 117 Å². The zero-order valence-corrected chi connectivity index (χ0v) is 15.6. The van der Waals surface area contributed by atoms with Gasteiger partial charge in [-0.05, 0) is 63.7 Å². The number of rotatable bonds is 5. The van der Waals surface area contributed by atoms with Crippen LogP contribution in [0.15, 0.2) is 0 Å². The minimum absolute atomic E-state index is 0.347. The summed E-state index contributed by atoms with van der Waals surface area (Å²) in [5.41, 5.74) is 0. The van der Waals surface area contributed by atoms with E-state index in [1.165, 1.54) is 7.05 Å². The Morgan fingerprint density at radius 1 is 0.923 bits per heavy atom. The number of hydrogen-bond donors (Lipinski definition) is 4. The average Bonchev–Trinajstić information content (AvgIpc) is 2.60. The van der Waals surface area contributed by atoms with E-state index in [2.05, 4.69) is 10.6 Å². The van der Waals surface area contributed by atoms with Crippen molar-refractivity contribution in [1.29, 1.82) is 0 Å². The molecule has 0 aromatic rings. The van der Waals surface area contributed by atoms with E-state index >= 15 is 0 Å². The van der Waals surface area contributed by atoms with Crippen LogP contribution >= 0.6 is 0 Å². The molecule has 26 heavy (non-hydrogen) atoms. The van der Waals surface area contributed by atoms with E-state index in [1.54, 1.807) is 0 Å². The molecular formula is C18H32N2O6. The molecule has 0 aromatic heterocycles. The van der Waals surface area contributed by atoms with Crippen LogP contribution in [0.3, 0.4) is 0 Å². The lowest BCUT2D eigenvalue weighted by Gasteiger charge is -2.37. The third kappa shape index (κ3) is 6.02. The molecule has 2 rings (SSSR count). The van der Waals surface area contributed by atoms with Crippen LogP contribution in [0.2, 0.25) is 0 Å². The quantitative estimate of drug-likeness (QED) is 0.581.